The van der Waals surface area contributed by atoms with Gasteiger partial charge in [0.1, 0.15) is 10.7 Å². The van der Waals surface area contributed by atoms with Gasteiger partial charge in [0.05, 0.1) is 0 Å². The number of nitrogens with zero attached hydrogens (tertiary/aromatic N) is 1. The van der Waals surface area contributed by atoms with Gasteiger partial charge in [0.2, 0.25) is 10.0 Å². The number of hydrogen-bond donors (Lipinski definition) is 1. The first kappa shape index (κ1) is 16.4. The van der Waals surface area contributed by atoms with Gasteiger partial charge < -0.3 is 5.32 Å². The van der Waals surface area contributed by atoms with Crippen LogP contribution in [0, 0.1) is 11.7 Å². The maximum atomic E-state index is 14.1. The van der Waals surface area contributed by atoms with Gasteiger partial charge in [-0.2, -0.15) is 0 Å². The van der Waals surface area contributed by atoms with Crippen molar-refractivity contribution in [3.05, 3.63) is 29.6 Å². The summed E-state index contributed by atoms with van der Waals surface area (Å²) in [4.78, 5) is -0.232. The van der Waals surface area contributed by atoms with Crippen LogP contribution in [-0.2, 0) is 16.6 Å². The Morgan fingerprint density at radius 2 is 2.10 bits per heavy atom. The van der Waals surface area contributed by atoms with Gasteiger partial charge in [-0.3, -0.25) is 0 Å². The van der Waals surface area contributed by atoms with Crippen molar-refractivity contribution in [2.24, 2.45) is 5.92 Å². The average molecular weight is 314 g/mol. The zero-order chi connectivity index (χ0) is 15.5. The second-order valence-electron chi connectivity index (χ2n) is 5.67. The van der Waals surface area contributed by atoms with Gasteiger partial charge >= 0.3 is 0 Å². The molecule has 0 spiro atoms. The minimum atomic E-state index is -3.73. The lowest BCUT2D eigenvalue weighted by atomic mass is 10.2. The van der Waals surface area contributed by atoms with Gasteiger partial charge in [-0.15, -0.1) is 0 Å². The number of benzene rings is 1. The summed E-state index contributed by atoms with van der Waals surface area (Å²) in [5.41, 5.74) is 0.754. The molecule has 0 radical (unpaired) electrons. The van der Waals surface area contributed by atoms with E-state index in [4.69, 9.17) is 0 Å². The maximum absolute atomic E-state index is 14.1. The second kappa shape index (κ2) is 6.85. The summed E-state index contributed by atoms with van der Waals surface area (Å²) in [7, 11) is -2.21. The molecule has 0 heterocycles. The van der Waals surface area contributed by atoms with E-state index >= 15 is 0 Å². The maximum Gasteiger partial charge on any atom is 0.245 e. The van der Waals surface area contributed by atoms with Gasteiger partial charge in [0.25, 0.3) is 0 Å². The molecule has 0 bridgehead atoms. The molecule has 6 heteroatoms. The summed E-state index contributed by atoms with van der Waals surface area (Å²) in [5, 5.41) is 3.17. The highest BCUT2D eigenvalue weighted by Gasteiger charge is 2.30. The first-order chi connectivity index (χ1) is 9.95. The van der Waals surface area contributed by atoms with E-state index in [-0.39, 0.29) is 4.90 Å². The molecule has 1 aromatic rings. The van der Waals surface area contributed by atoms with Gasteiger partial charge in [-0.1, -0.05) is 13.0 Å². The molecular formula is C15H23FN2O2S. The van der Waals surface area contributed by atoms with Gasteiger partial charge in [0, 0.05) is 20.1 Å². The first-order valence-corrected chi connectivity index (χ1v) is 8.84. The molecule has 0 aromatic heterocycles. The van der Waals surface area contributed by atoms with Crippen molar-refractivity contribution in [3.63, 3.8) is 0 Å². The molecule has 118 valence electrons. The van der Waals surface area contributed by atoms with Crippen molar-refractivity contribution in [1.29, 1.82) is 0 Å². The second-order valence-corrected chi connectivity index (χ2v) is 7.68. The number of rotatable bonds is 8. The topological polar surface area (TPSA) is 49.4 Å². The molecular weight excluding hydrogens is 291 g/mol. The summed E-state index contributed by atoms with van der Waals surface area (Å²) >= 11 is 0. The fraction of sp³-hybridized carbons (Fsp3) is 0.600. The Labute approximate surface area is 126 Å². The zero-order valence-electron chi connectivity index (χ0n) is 12.6. The highest BCUT2D eigenvalue weighted by molar-refractivity contribution is 7.89. The third-order valence-electron chi connectivity index (χ3n) is 3.65. The minimum Gasteiger partial charge on any atom is -0.313 e. The van der Waals surface area contributed by atoms with Crippen molar-refractivity contribution in [2.75, 3.05) is 20.1 Å². The van der Waals surface area contributed by atoms with Crippen molar-refractivity contribution in [1.82, 2.24) is 9.62 Å². The molecule has 0 aliphatic heterocycles. The Kier molecular flexibility index (Phi) is 5.35. The largest absolute Gasteiger partial charge is 0.313 e. The number of halogens is 1. The van der Waals surface area contributed by atoms with Crippen molar-refractivity contribution in [2.45, 2.75) is 37.6 Å². The Morgan fingerprint density at radius 3 is 2.67 bits per heavy atom. The summed E-state index contributed by atoms with van der Waals surface area (Å²) in [5.74, 6) is -0.237. The SMILES string of the molecule is CCCNCc1ccc(S(=O)(=O)N(C)CC2CC2)c(F)c1. The third-order valence-corrected chi connectivity index (χ3v) is 5.51. The molecule has 1 aromatic carbocycles. The minimum absolute atomic E-state index is 0.232. The van der Waals surface area contributed by atoms with Gasteiger partial charge in [-0.25, -0.2) is 17.1 Å². The molecule has 0 unspecified atom stereocenters. The fourth-order valence-electron chi connectivity index (χ4n) is 2.20. The first-order valence-electron chi connectivity index (χ1n) is 7.40. The molecule has 0 saturated heterocycles. The predicted octanol–water partition coefficient (Wildman–Crippen LogP) is 2.36. The van der Waals surface area contributed by atoms with Crippen LogP contribution in [0.25, 0.3) is 0 Å². The molecule has 4 nitrogen and oxygen atoms in total. The van der Waals surface area contributed by atoms with Crippen LogP contribution < -0.4 is 5.32 Å². The normalized spacial score (nSPS) is 15.6. The molecule has 1 fully saturated rings. The zero-order valence-corrected chi connectivity index (χ0v) is 13.4. The standard InChI is InChI=1S/C15H23FN2O2S/c1-3-8-17-10-13-6-7-15(14(16)9-13)21(19,20)18(2)11-12-4-5-12/h6-7,9,12,17H,3-5,8,10-11H2,1-2H3. The molecule has 2 rings (SSSR count). The number of nitrogens with one attached hydrogen (secondary N) is 1. The van der Waals surface area contributed by atoms with Crippen LogP contribution in [0.3, 0.4) is 0 Å². The number of sulfonamides is 1. The monoisotopic (exact) mass is 314 g/mol. The van der Waals surface area contributed by atoms with Crippen LogP contribution >= 0.6 is 0 Å². The van der Waals surface area contributed by atoms with Crippen molar-refractivity contribution < 1.29 is 12.8 Å². The van der Waals surface area contributed by atoms with E-state index in [1.54, 1.807) is 6.07 Å². The van der Waals surface area contributed by atoms with E-state index in [9.17, 15) is 12.8 Å². The highest BCUT2D eigenvalue weighted by Crippen LogP contribution is 2.31. The Bertz CT molecular complexity index is 585. The summed E-state index contributed by atoms with van der Waals surface area (Å²) in [6, 6.07) is 4.35. The third kappa shape index (κ3) is 4.25. The molecule has 1 aliphatic rings. The van der Waals surface area contributed by atoms with Crippen LogP contribution in [0.15, 0.2) is 23.1 Å². The predicted molar refractivity (Wildman–Crippen MR) is 80.9 cm³/mol. The Morgan fingerprint density at radius 1 is 1.38 bits per heavy atom. The van der Waals surface area contributed by atoms with Gasteiger partial charge in [0.15, 0.2) is 0 Å². The molecule has 0 atom stereocenters. The van der Waals surface area contributed by atoms with Crippen LogP contribution in [0.4, 0.5) is 4.39 Å². The van der Waals surface area contributed by atoms with E-state index in [0.29, 0.717) is 19.0 Å². The highest BCUT2D eigenvalue weighted by atomic mass is 32.2. The average Bonchev–Trinajstić information content (AvgIpc) is 3.22. The Balaban J connectivity index is 2.11. The van der Waals surface area contributed by atoms with Crippen LogP contribution in [0.1, 0.15) is 31.7 Å². The lowest BCUT2D eigenvalue weighted by Gasteiger charge is -2.17. The summed E-state index contributed by atoms with van der Waals surface area (Å²) < 4.78 is 40.1. The number of hydrogen-bond acceptors (Lipinski definition) is 3. The summed E-state index contributed by atoms with van der Waals surface area (Å²) in [6.45, 7) is 3.93. The fourth-order valence-corrected chi connectivity index (χ4v) is 3.49. The smallest absolute Gasteiger partial charge is 0.245 e. The summed E-state index contributed by atoms with van der Waals surface area (Å²) in [6.07, 6.45) is 3.12. The molecule has 1 saturated carbocycles. The van der Waals surface area contributed by atoms with E-state index in [1.165, 1.54) is 23.5 Å². The van der Waals surface area contributed by atoms with E-state index in [2.05, 4.69) is 12.2 Å². The van der Waals surface area contributed by atoms with Gasteiger partial charge in [-0.05, 0) is 49.4 Å². The van der Waals surface area contributed by atoms with Crippen LogP contribution in [0.2, 0.25) is 0 Å². The van der Waals surface area contributed by atoms with E-state index in [0.717, 1.165) is 31.4 Å². The van der Waals surface area contributed by atoms with Crippen LogP contribution in [-0.4, -0.2) is 32.9 Å². The molecule has 1 aliphatic carbocycles. The molecule has 0 amide bonds. The quantitative estimate of drug-likeness (QED) is 0.749. The van der Waals surface area contributed by atoms with E-state index in [1.807, 2.05) is 0 Å². The lowest BCUT2D eigenvalue weighted by molar-refractivity contribution is 0.447. The lowest BCUT2D eigenvalue weighted by Crippen LogP contribution is -2.29. The molecule has 1 N–H and O–H groups in total. The molecule has 21 heavy (non-hydrogen) atoms. The Hall–Kier alpha value is -0.980. The van der Waals surface area contributed by atoms with Crippen LogP contribution in [0.5, 0.6) is 0 Å². The van der Waals surface area contributed by atoms with E-state index < -0.39 is 15.8 Å². The van der Waals surface area contributed by atoms with Crippen molar-refractivity contribution >= 4 is 10.0 Å². The van der Waals surface area contributed by atoms with Crippen molar-refractivity contribution in [3.8, 4) is 0 Å².